The zero-order valence-corrected chi connectivity index (χ0v) is 10.4. The molecule has 0 atom stereocenters. The standard InChI is InChI=1S/C12H13F3N2S/c13-12(14,15)6-3-7-16-8-11-17-9-4-1-2-5-10(9)18-11/h1-2,4-5,16H,3,6-8H2. The number of alkyl halides is 3. The van der Waals surface area contributed by atoms with E-state index in [4.69, 9.17) is 0 Å². The number of aromatic nitrogens is 1. The summed E-state index contributed by atoms with van der Waals surface area (Å²) in [5, 5.41) is 3.89. The van der Waals surface area contributed by atoms with Crippen molar-refractivity contribution in [3.8, 4) is 0 Å². The Morgan fingerprint density at radius 1 is 1.22 bits per heavy atom. The highest BCUT2D eigenvalue weighted by Crippen LogP contribution is 2.22. The Morgan fingerprint density at radius 2 is 2.00 bits per heavy atom. The molecule has 0 unspecified atom stereocenters. The fraction of sp³-hybridized carbons (Fsp3) is 0.417. The molecule has 98 valence electrons. The van der Waals surface area contributed by atoms with E-state index in [1.54, 1.807) is 11.3 Å². The van der Waals surface area contributed by atoms with Crippen LogP contribution in [-0.2, 0) is 6.54 Å². The van der Waals surface area contributed by atoms with Gasteiger partial charge in [-0.3, -0.25) is 0 Å². The predicted octanol–water partition coefficient (Wildman–Crippen LogP) is 3.73. The maximum atomic E-state index is 11.9. The van der Waals surface area contributed by atoms with Gasteiger partial charge in [0.15, 0.2) is 0 Å². The minimum atomic E-state index is -4.06. The Kier molecular flexibility index (Phi) is 4.19. The quantitative estimate of drug-likeness (QED) is 0.840. The smallest absolute Gasteiger partial charge is 0.310 e. The molecule has 0 aliphatic carbocycles. The van der Waals surface area contributed by atoms with Gasteiger partial charge in [-0.05, 0) is 25.1 Å². The van der Waals surface area contributed by atoms with Crippen molar-refractivity contribution in [2.75, 3.05) is 6.54 Å². The van der Waals surface area contributed by atoms with Crippen molar-refractivity contribution in [3.63, 3.8) is 0 Å². The largest absolute Gasteiger partial charge is 0.389 e. The van der Waals surface area contributed by atoms with Gasteiger partial charge in [0.2, 0.25) is 0 Å². The van der Waals surface area contributed by atoms with E-state index >= 15 is 0 Å². The van der Waals surface area contributed by atoms with E-state index in [1.165, 1.54) is 0 Å². The fourth-order valence-corrected chi connectivity index (χ4v) is 2.54. The van der Waals surface area contributed by atoms with Crippen LogP contribution >= 0.6 is 11.3 Å². The minimum absolute atomic E-state index is 0.106. The van der Waals surface area contributed by atoms with Gasteiger partial charge in [0, 0.05) is 13.0 Å². The lowest BCUT2D eigenvalue weighted by atomic mass is 10.3. The van der Waals surface area contributed by atoms with Crippen molar-refractivity contribution in [3.05, 3.63) is 29.3 Å². The van der Waals surface area contributed by atoms with Gasteiger partial charge in [-0.15, -0.1) is 11.3 Å². The first kappa shape index (κ1) is 13.3. The number of fused-ring (bicyclic) bond motifs is 1. The molecule has 2 nitrogen and oxygen atoms in total. The monoisotopic (exact) mass is 274 g/mol. The number of rotatable bonds is 5. The van der Waals surface area contributed by atoms with Crippen LogP contribution in [0.5, 0.6) is 0 Å². The Balaban J connectivity index is 1.77. The number of para-hydroxylation sites is 1. The van der Waals surface area contributed by atoms with Crippen molar-refractivity contribution in [1.82, 2.24) is 10.3 Å². The van der Waals surface area contributed by atoms with Gasteiger partial charge in [0.05, 0.1) is 10.2 Å². The Bertz CT molecular complexity index is 474. The van der Waals surface area contributed by atoms with Crippen LogP contribution in [-0.4, -0.2) is 17.7 Å². The molecule has 18 heavy (non-hydrogen) atoms. The number of hydrogen-bond acceptors (Lipinski definition) is 3. The highest BCUT2D eigenvalue weighted by atomic mass is 32.1. The topological polar surface area (TPSA) is 24.9 Å². The van der Waals surface area contributed by atoms with Crippen LogP contribution in [0.15, 0.2) is 24.3 Å². The summed E-state index contributed by atoms with van der Waals surface area (Å²) in [5.41, 5.74) is 0.939. The molecule has 0 saturated heterocycles. The molecule has 0 aliphatic heterocycles. The molecule has 0 saturated carbocycles. The maximum Gasteiger partial charge on any atom is 0.389 e. The van der Waals surface area contributed by atoms with Crippen LogP contribution in [0.3, 0.4) is 0 Å². The van der Waals surface area contributed by atoms with Gasteiger partial charge in [-0.25, -0.2) is 4.98 Å². The summed E-state index contributed by atoms with van der Waals surface area (Å²) in [6, 6.07) is 7.78. The molecule has 0 radical (unpaired) electrons. The van der Waals surface area contributed by atoms with E-state index in [0.717, 1.165) is 15.2 Å². The average Bonchev–Trinajstić information content (AvgIpc) is 2.69. The Labute approximate surface area is 107 Å². The van der Waals surface area contributed by atoms with Gasteiger partial charge in [-0.2, -0.15) is 13.2 Å². The molecule has 0 bridgehead atoms. The average molecular weight is 274 g/mol. The third kappa shape index (κ3) is 3.96. The first-order valence-electron chi connectivity index (χ1n) is 5.66. The van der Waals surface area contributed by atoms with Gasteiger partial charge in [-0.1, -0.05) is 12.1 Å². The van der Waals surface area contributed by atoms with Gasteiger partial charge < -0.3 is 5.32 Å². The normalized spacial score (nSPS) is 12.2. The second kappa shape index (κ2) is 5.67. The zero-order valence-electron chi connectivity index (χ0n) is 9.63. The van der Waals surface area contributed by atoms with Crippen molar-refractivity contribution in [1.29, 1.82) is 0 Å². The summed E-state index contributed by atoms with van der Waals surface area (Å²) in [7, 11) is 0. The predicted molar refractivity (Wildman–Crippen MR) is 66.6 cm³/mol. The molecule has 6 heteroatoms. The lowest BCUT2D eigenvalue weighted by molar-refractivity contribution is -0.135. The summed E-state index contributed by atoms with van der Waals surface area (Å²) < 4.78 is 36.8. The number of hydrogen-bond donors (Lipinski definition) is 1. The van der Waals surface area contributed by atoms with Crippen molar-refractivity contribution >= 4 is 21.6 Å². The Morgan fingerprint density at radius 3 is 2.72 bits per heavy atom. The molecule has 0 fully saturated rings. The summed E-state index contributed by atoms with van der Waals surface area (Å²) in [4.78, 5) is 4.39. The van der Waals surface area contributed by atoms with E-state index in [9.17, 15) is 13.2 Å². The van der Waals surface area contributed by atoms with Crippen molar-refractivity contribution < 1.29 is 13.2 Å². The van der Waals surface area contributed by atoms with Gasteiger partial charge in [0.1, 0.15) is 5.01 Å². The summed E-state index contributed by atoms with van der Waals surface area (Å²) in [6.45, 7) is 0.882. The molecule has 1 heterocycles. The molecule has 1 N–H and O–H groups in total. The molecule has 2 aromatic rings. The lowest BCUT2D eigenvalue weighted by Crippen LogP contribution is -2.17. The molecule has 0 aliphatic rings. The third-order valence-electron chi connectivity index (χ3n) is 2.43. The molecule has 2 rings (SSSR count). The van der Waals surface area contributed by atoms with Crippen molar-refractivity contribution in [2.45, 2.75) is 25.6 Å². The molecule has 1 aromatic carbocycles. The first-order chi connectivity index (χ1) is 8.54. The second-order valence-corrected chi connectivity index (χ2v) is 5.09. The number of halogens is 3. The summed E-state index contributed by atoms with van der Waals surface area (Å²) in [6.07, 6.45) is -4.69. The summed E-state index contributed by atoms with van der Waals surface area (Å²) in [5.74, 6) is 0. The number of thiazole rings is 1. The van der Waals surface area contributed by atoms with Gasteiger partial charge >= 0.3 is 6.18 Å². The van der Waals surface area contributed by atoms with Crippen LogP contribution < -0.4 is 5.32 Å². The maximum absolute atomic E-state index is 11.9. The summed E-state index contributed by atoms with van der Waals surface area (Å²) >= 11 is 1.57. The SMILES string of the molecule is FC(F)(F)CCCNCc1nc2ccccc2s1. The fourth-order valence-electron chi connectivity index (χ4n) is 1.60. The molecular formula is C12H13F3N2S. The van der Waals surface area contributed by atoms with E-state index in [-0.39, 0.29) is 6.42 Å². The Hall–Kier alpha value is -1.14. The van der Waals surface area contributed by atoms with Crippen LogP contribution in [0.25, 0.3) is 10.2 Å². The first-order valence-corrected chi connectivity index (χ1v) is 6.48. The zero-order chi connectivity index (χ0) is 13.0. The van der Waals surface area contributed by atoms with E-state index in [1.807, 2.05) is 24.3 Å². The molecular weight excluding hydrogens is 261 g/mol. The van der Waals surface area contributed by atoms with Crippen LogP contribution in [0.4, 0.5) is 13.2 Å². The van der Waals surface area contributed by atoms with Crippen LogP contribution in [0, 0.1) is 0 Å². The molecule has 1 aromatic heterocycles. The van der Waals surface area contributed by atoms with Crippen LogP contribution in [0.2, 0.25) is 0 Å². The highest BCUT2D eigenvalue weighted by Gasteiger charge is 2.25. The molecule has 0 amide bonds. The molecule has 0 spiro atoms. The van der Waals surface area contributed by atoms with Gasteiger partial charge in [0.25, 0.3) is 0 Å². The minimum Gasteiger partial charge on any atom is -0.310 e. The highest BCUT2D eigenvalue weighted by molar-refractivity contribution is 7.18. The van der Waals surface area contributed by atoms with E-state index in [0.29, 0.717) is 13.1 Å². The van der Waals surface area contributed by atoms with E-state index < -0.39 is 12.6 Å². The van der Waals surface area contributed by atoms with E-state index in [2.05, 4.69) is 10.3 Å². The number of nitrogens with zero attached hydrogens (tertiary/aromatic N) is 1. The third-order valence-corrected chi connectivity index (χ3v) is 3.46. The van der Waals surface area contributed by atoms with Crippen molar-refractivity contribution in [2.24, 2.45) is 0 Å². The van der Waals surface area contributed by atoms with Crippen LogP contribution in [0.1, 0.15) is 17.8 Å². The second-order valence-electron chi connectivity index (χ2n) is 3.97. The lowest BCUT2D eigenvalue weighted by Gasteiger charge is -2.05. The number of nitrogens with one attached hydrogen (secondary N) is 1. The number of benzene rings is 1.